The maximum Gasteiger partial charge on any atom is 0.255 e. The van der Waals surface area contributed by atoms with Gasteiger partial charge >= 0.3 is 0 Å². The van der Waals surface area contributed by atoms with Crippen LogP contribution < -0.4 is 10.6 Å². The summed E-state index contributed by atoms with van der Waals surface area (Å²) in [4.78, 5) is 57.1. The number of rotatable bonds is 5. The number of carbonyl (C=O) groups excluding carboxylic acids is 4. The highest BCUT2D eigenvalue weighted by molar-refractivity contribution is 5.96. The Kier molecular flexibility index (Phi) is 6.76. The van der Waals surface area contributed by atoms with Crippen LogP contribution in [-0.2, 0) is 19.1 Å². The summed E-state index contributed by atoms with van der Waals surface area (Å²) < 4.78 is 4.92. The van der Waals surface area contributed by atoms with Crippen molar-refractivity contribution < 1.29 is 23.9 Å². The highest BCUT2D eigenvalue weighted by atomic mass is 16.5. The fraction of sp³-hybridized carbons (Fsp3) is 0.526. The second-order valence-corrected chi connectivity index (χ2v) is 7.02. The first-order valence-electron chi connectivity index (χ1n) is 9.57. The standard InChI is InChI=1S/C19H25N5O5/c1-29-12-16(25)24-9-8-23(19(28)13-4-2-6-20-10-13)11-15(24)18(27)22-14-5-3-7-21-17(14)26/h2,4,6,10,14-15H,3,5,7-9,11-12H2,1H3,(H,21,26)(H,22,27). The van der Waals surface area contributed by atoms with Gasteiger partial charge in [-0.25, -0.2) is 0 Å². The number of pyridine rings is 1. The molecule has 2 atom stereocenters. The van der Waals surface area contributed by atoms with Crippen LogP contribution in [0, 0.1) is 0 Å². The molecule has 2 unspecified atom stereocenters. The van der Waals surface area contributed by atoms with E-state index >= 15 is 0 Å². The average molecular weight is 403 g/mol. The molecule has 2 saturated heterocycles. The molecule has 1 aromatic heterocycles. The van der Waals surface area contributed by atoms with Crippen LogP contribution >= 0.6 is 0 Å². The molecule has 0 bridgehead atoms. The van der Waals surface area contributed by atoms with Crippen molar-refractivity contribution in [1.82, 2.24) is 25.4 Å². The Balaban J connectivity index is 1.75. The minimum Gasteiger partial charge on any atom is -0.375 e. The molecule has 0 saturated carbocycles. The van der Waals surface area contributed by atoms with Gasteiger partial charge in [0.05, 0.1) is 12.1 Å². The second kappa shape index (κ2) is 9.46. The molecule has 0 aromatic carbocycles. The van der Waals surface area contributed by atoms with Gasteiger partial charge in [0.2, 0.25) is 17.7 Å². The lowest BCUT2D eigenvalue weighted by atomic mass is 10.0. The predicted octanol–water partition coefficient (Wildman–Crippen LogP) is -1.22. The van der Waals surface area contributed by atoms with Crippen molar-refractivity contribution >= 4 is 23.6 Å². The van der Waals surface area contributed by atoms with Gasteiger partial charge in [-0.1, -0.05) is 0 Å². The fourth-order valence-electron chi connectivity index (χ4n) is 3.55. The number of methoxy groups -OCH3 is 1. The summed E-state index contributed by atoms with van der Waals surface area (Å²) in [6.07, 6.45) is 4.34. The molecule has 0 radical (unpaired) electrons. The van der Waals surface area contributed by atoms with E-state index in [2.05, 4.69) is 15.6 Å². The topological polar surface area (TPSA) is 121 Å². The lowest BCUT2D eigenvalue weighted by Crippen LogP contribution is -2.64. The van der Waals surface area contributed by atoms with E-state index in [0.717, 1.165) is 6.42 Å². The number of nitrogens with one attached hydrogen (secondary N) is 2. The van der Waals surface area contributed by atoms with E-state index in [1.165, 1.54) is 23.1 Å². The number of ether oxygens (including phenoxy) is 1. The van der Waals surface area contributed by atoms with E-state index in [1.807, 2.05) is 0 Å². The zero-order chi connectivity index (χ0) is 20.8. The number of hydrogen-bond donors (Lipinski definition) is 2. The Morgan fingerprint density at radius 2 is 2.17 bits per heavy atom. The molecule has 0 spiro atoms. The molecule has 29 heavy (non-hydrogen) atoms. The molecule has 2 fully saturated rings. The summed E-state index contributed by atoms with van der Waals surface area (Å²) in [5.74, 6) is -1.29. The molecule has 10 nitrogen and oxygen atoms in total. The molecule has 156 valence electrons. The smallest absolute Gasteiger partial charge is 0.255 e. The Morgan fingerprint density at radius 1 is 1.34 bits per heavy atom. The van der Waals surface area contributed by atoms with Crippen LogP contribution in [0.25, 0.3) is 0 Å². The quantitative estimate of drug-likeness (QED) is 0.636. The van der Waals surface area contributed by atoms with E-state index < -0.39 is 18.0 Å². The van der Waals surface area contributed by atoms with Gasteiger partial charge in [-0.15, -0.1) is 0 Å². The van der Waals surface area contributed by atoms with Gasteiger partial charge in [-0.3, -0.25) is 24.2 Å². The van der Waals surface area contributed by atoms with Crippen molar-refractivity contribution in [3.63, 3.8) is 0 Å². The second-order valence-electron chi connectivity index (χ2n) is 7.02. The van der Waals surface area contributed by atoms with Crippen LogP contribution in [0.15, 0.2) is 24.5 Å². The van der Waals surface area contributed by atoms with Crippen molar-refractivity contribution in [3.8, 4) is 0 Å². The third-order valence-corrected chi connectivity index (χ3v) is 5.07. The number of piperidine rings is 1. The highest BCUT2D eigenvalue weighted by Gasteiger charge is 2.38. The van der Waals surface area contributed by atoms with Gasteiger partial charge in [-0.2, -0.15) is 0 Å². The van der Waals surface area contributed by atoms with E-state index in [0.29, 0.717) is 18.5 Å². The molecule has 0 aliphatic carbocycles. The Hall–Kier alpha value is -3.01. The van der Waals surface area contributed by atoms with Crippen molar-refractivity contribution in [2.45, 2.75) is 24.9 Å². The third-order valence-electron chi connectivity index (χ3n) is 5.07. The summed E-state index contributed by atoms with van der Waals surface area (Å²) in [6, 6.07) is 1.78. The largest absolute Gasteiger partial charge is 0.375 e. The van der Waals surface area contributed by atoms with Gasteiger partial charge in [0.15, 0.2) is 0 Å². The highest BCUT2D eigenvalue weighted by Crippen LogP contribution is 2.15. The van der Waals surface area contributed by atoms with Crippen LogP contribution in [0.1, 0.15) is 23.2 Å². The van der Waals surface area contributed by atoms with Crippen LogP contribution in [0.3, 0.4) is 0 Å². The van der Waals surface area contributed by atoms with E-state index in [-0.39, 0.29) is 44.0 Å². The van der Waals surface area contributed by atoms with Crippen LogP contribution in [-0.4, -0.2) is 90.4 Å². The molecule has 4 amide bonds. The zero-order valence-electron chi connectivity index (χ0n) is 16.3. The summed E-state index contributed by atoms with van der Waals surface area (Å²) in [5.41, 5.74) is 0.412. The van der Waals surface area contributed by atoms with Crippen LogP contribution in [0.2, 0.25) is 0 Å². The predicted molar refractivity (Wildman–Crippen MR) is 102 cm³/mol. The number of amides is 4. The molecule has 2 N–H and O–H groups in total. The van der Waals surface area contributed by atoms with Gasteiger partial charge in [-0.05, 0) is 25.0 Å². The molecular formula is C19H25N5O5. The van der Waals surface area contributed by atoms with E-state index in [9.17, 15) is 19.2 Å². The lowest BCUT2D eigenvalue weighted by molar-refractivity contribution is -0.146. The SMILES string of the molecule is COCC(=O)N1CCN(C(=O)c2cccnc2)CC1C(=O)NC1CCCNC1=O. The zero-order valence-corrected chi connectivity index (χ0v) is 16.3. The molecule has 2 aliphatic rings. The minimum atomic E-state index is -0.901. The summed E-state index contributed by atoms with van der Waals surface area (Å²) in [5, 5.41) is 5.45. The number of hydrogen-bond acceptors (Lipinski definition) is 6. The third kappa shape index (κ3) is 4.89. The summed E-state index contributed by atoms with van der Waals surface area (Å²) >= 11 is 0. The van der Waals surface area contributed by atoms with Crippen LogP contribution in [0.4, 0.5) is 0 Å². The Bertz CT molecular complexity index is 772. The Morgan fingerprint density at radius 3 is 2.86 bits per heavy atom. The number of nitrogens with zero attached hydrogens (tertiary/aromatic N) is 3. The maximum atomic E-state index is 13.0. The lowest BCUT2D eigenvalue weighted by Gasteiger charge is -2.41. The van der Waals surface area contributed by atoms with Crippen molar-refractivity contribution in [1.29, 1.82) is 0 Å². The molecule has 3 rings (SSSR count). The molecule has 3 heterocycles. The van der Waals surface area contributed by atoms with Crippen molar-refractivity contribution in [3.05, 3.63) is 30.1 Å². The maximum absolute atomic E-state index is 13.0. The minimum absolute atomic E-state index is 0.0311. The summed E-state index contributed by atoms with van der Waals surface area (Å²) in [7, 11) is 1.40. The van der Waals surface area contributed by atoms with Gasteiger partial charge in [0, 0.05) is 39.1 Å². The first kappa shape index (κ1) is 20.7. The average Bonchev–Trinajstić information content (AvgIpc) is 2.75. The monoisotopic (exact) mass is 403 g/mol. The van der Waals surface area contributed by atoms with E-state index in [1.54, 1.807) is 18.3 Å². The van der Waals surface area contributed by atoms with E-state index in [4.69, 9.17) is 4.74 Å². The molecule has 2 aliphatic heterocycles. The normalized spacial score (nSPS) is 22.0. The first-order chi connectivity index (χ1) is 14.0. The number of aromatic nitrogens is 1. The Labute approximate surface area is 168 Å². The fourth-order valence-corrected chi connectivity index (χ4v) is 3.55. The first-order valence-corrected chi connectivity index (χ1v) is 9.57. The van der Waals surface area contributed by atoms with Gasteiger partial charge in [0.1, 0.15) is 18.7 Å². The van der Waals surface area contributed by atoms with Crippen LogP contribution in [0.5, 0.6) is 0 Å². The molecule has 1 aromatic rings. The number of piperazine rings is 1. The van der Waals surface area contributed by atoms with Gasteiger partial charge < -0.3 is 25.2 Å². The van der Waals surface area contributed by atoms with Gasteiger partial charge in [0.25, 0.3) is 5.91 Å². The molecule has 10 heteroatoms. The molecular weight excluding hydrogens is 378 g/mol. The number of carbonyl (C=O) groups is 4. The summed E-state index contributed by atoms with van der Waals surface area (Å²) in [6.45, 7) is 0.939. The van der Waals surface area contributed by atoms with Crippen molar-refractivity contribution in [2.24, 2.45) is 0 Å². The van der Waals surface area contributed by atoms with Crippen molar-refractivity contribution in [2.75, 3.05) is 39.9 Å².